The van der Waals surface area contributed by atoms with Crippen molar-refractivity contribution in [2.24, 2.45) is 5.92 Å². The van der Waals surface area contributed by atoms with Crippen LogP contribution >= 0.6 is 0 Å². The van der Waals surface area contributed by atoms with Crippen LogP contribution in [0.3, 0.4) is 0 Å². The van der Waals surface area contributed by atoms with E-state index in [0.717, 1.165) is 12.8 Å². The first-order valence-electron chi connectivity index (χ1n) is 4.53. The molecule has 0 spiro atoms. The summed E-state index contributed by atoms with van der Waals surface area (Å²) in [4.78, 5) is 10.4. The number of carboxylic acids is 1. The molecule has 0 saturated carbocycles. The van der Waals surface area contributed by atoms with Crippen molar-refractivity contribution in [3.05, 3.63) is 12.7 Å². The molecule has 0 aromatic carbocycles. The average Bonchev–Trinajstić information content (AvgIpc) is 2.06. The van der Waals surface area contributed by atoms with Gasteiger partial charge in [-0.25, -0.2) is 0 Å². The van der Waals surface area contributed by atoms with Crippen LogP contribution in [-0.4, -0.2) is 23.8 Å². The van der Waals surface area contributed by atoms with Gasteiger partial charge < -0.3 is 9.84 Å². The van der Waals surface area contributed by atoms with Crippen LogP contribution < -0.4 is 0 Å². The lowest BCUT2D eigenvalue weighted by molar-refractivity contribution is -0.147. The second kappa shape index (κ2) is 6.66. The Hall–Kier alpha value is -0.830. The van der Waals surface area contributed by atoms with Gasteiger partial charge in [-0.05, 0) is 26.7 Å². The number of carbonyl (C=O) groups is 1. The second-order valence-corrected chi connectivity index (χ2v) is 3.16. The summed E-state index contributed by atoms with van der Waals surface area (Å²) in [7, 11) is 0. The number of allylic oxidation sites excluding steroid dienone is 1. The highest BCUT2D eigenvalue weighted by molar-refractivity contribution is 5.70. The zero-order valence-electron chi connectivity index (χ0n) is 8.32. The average molecular weight is 186 g/mol. The molecule has 0 aliphatic carbocycles. The van der Waals surface area contributed by atoms with Crippen molar-refractivity contribution in [2.45, 2.75) is 32.8 Å². The van der Waals surface area contributed by atoms with E-state index in [1.165, 1.54) is 0 Å². The summed E-state index contributed by atoms with van der Waals surface area (Å²) < 4.78 is 5.17. The highest BCUT2D eigenvalue weighted by Gasteiger charge is 2.23. The van der Waals surface area contributed by atoms with Gasteiger partial charge in [-0.15, -0.1) is 6.58 Å². The van der Waals surface area contributed by atoms with Crippen LogP contribution in [-0.2, 0) is 9.53 Å². The van der Waals surface area contributed by atoms with E-state index in [1.807, 2.05) is 13.8 Å². The molecule has 1 heterocycles. The van der Waals surface area contributed by atoms with Crippen molar-refractivity contribution in [3.8, 4) is 0 Å². The van der Waals surface area contributed by atoms with Crippen LogP contribution in [0.15, 0.2) is 12.7 Å². The van der Waals surface area contributed by atoms with Crippen molar-refractivity contribution in [1.29, 1.82) is 0 Å². The molecule has 3 nitrogen and oxygen atoms in total. The highest BCUT2D eigenvalue weighted by atomic mass is 16.5. The fourth-order valence-corrected chi connectivity index (χ4v) is 1.08. The van der Waals surface area contributed by atoms with E-state index < -0.39 is 5.97 Å². The van der Waals surface area contributed by atoms with Crippen molar-refractivity contribution >= 4 is 5.97 Å². The Kier molecular flexibility index (Phi) is 6.24. The third kappa shape index (κ3) is 5.42. The lowest BCUT2D eigenvalue weighted by Crippen LogP contribution is -2.28. The molecule has 0 amide bonds. The molecule has 76 valence electrons. The van der Waals surface area contributed by atoms with Gasteiger partial charge in [-0.1, -0.05) is 6.08 Å². The van der Waals surface area contributed by atoms with Crippen LogP contribution in [0.2, 0.25) is 0 Å². The topological polar surface area (TPSA) is 46.5 Å². The minimum Gasteiger partial charge on any atom is -0.481 e. The number of ether oxygens (including phenoxy) is 1. The standard InChI is InChI=1S/C7H12O3.C3H6/c1-5-2-3-6(4-10-5)7(8)9;1-3-2/h5-6H,2-4H2,1H3,(H,8,9);3H,1H2,2H3. The summed E-state index contributed by atoms with van der Waals surface area (Å²) in [5.74, 6) is -0.997. The minimum atomic E-state index is -0.730. The van der Waals surface area contributed by atoms with E-state index >= 15 is 0 Å². The largest absolute Gasteiger partial charge is 0.481 e. The summed E-state index contributed by atoms with van der Waals surface area (Å²) in [6.07, 6.45) is 3.63. The third-order valence-electron chi connectivity index (χ3n) is 1.85. The number of rotatable bonds is 1. The van der Waals surface area contributed by atoms with Gasteiger partial charge in [0.05, 0.1) is 18.6 Å². The van der Waals surface area contributed by atoms with Gasteiger partial charge in [0.2, 0.25) is 0 Å². The van der Waals surface area contributed by atoms with Crippen molar-refractivity contribution < 1.29 is 14.6 Å². The normalized spacial score (nSPS) is 26.9. The van der Waals surface area contributed by atoms with Gasteiger partial charge in [0.15, 0.2) is 0 Å². The van der Waals surface area contributed by atoms with E-state index in [1.54, 1.807) is 6.08 Å². The molecular formula is C10H18O3. The summed E-state index contributed by atoms with van der Waals surface area (Å²) in [6.45, 7) is 7.61. The minimum absolute atomic E-state index is 0.246. The molecule has 2 atom stereocenters. The van der Waals surface area contributed by atoms with Crippen LogP contribution in [0.25, 0.3) is 0 Å². The van der Waals surface area contributed by atoms with Gasteiger partial charge in [-0.3, -0.25) is 4.79 Å². The molecule has 0 bridgehead atoms. The van der Waals surface area contributed by atoms with Crippen molar-refractivity contribution in [3.63, 3.8) is 0 Å². The lowest BCUT2D eigenvalue weighted by Gasteiger charge is -2.23. The summed E-state index contributed by atoms with van der Waals surface area (Å²) in [5.41, 5.74) is 0. The zero-order valence-corrected chi connectivity index (χ0v) is 8.32. The maximum absolute atomic E-state index is 10.4. The molecule has 1 N–H and O–H groups in total. The van der Waals surface area contributed by atoms with E-state index in [4.69, 9.17) is 9.84 Å². The molecule has 1 rings (SSSR count). The molecule has 13 heavy (non-hydrogen) atoms. The Labute approximate surface area is 79.4 Å². The molecule has 1 aliphatic rings. The van der Waals surface area contributed by atoms with Gasteiger partial charge in [0, 0.05) is 0 Å². The SMILES string of the molecule is C=CC.CC1CCC(C(=O)O)CO1. The first kappa shape index (κ1) is 12.2. The first-order valence-corrected chi connectivity index (χ1v) is 4.53. The molecule has 0 aromatic heterocycles. The molecule has 0 aromatic rings. The Bertz CT molecular complexity index is 158. The van der Waals surface area contributed by atoms with Crippen LogP contribution in [0.5, 0.6) is 0 Å². The fraction of sp³-hybridized carbons (Fsp3) is 0.700. The van der Waals surface area contributed by atoms with Crippen LogP contribution in [0.4, 0.5) is 0 Å². The molecule has 2 unspecified atom stereocenters. The maximum Gasteiger partial charge on any atom is 0.308 e. The molecular weight excluding hydrogens is 168 g/mol. The van der Waals surface area contributed by atoms with E-state index in [2.05, 4.69) is 6.58 Å². The number of carboxylic acid groups (broad SMARTS) is 1. The molecule has 1 aliphatic heterocycles. The van der Waals surface area contributed by atoms with Gasteiger partial charge >= 0.3 is 5.97 Å². The van der Waals surface area contributed by atoms with Crippen molar-refractivity contribution in [2.75, 3.05) is 6.61 Å². The highest BCUT2D eigenvalue weighted by Crippen LogP contribution is 2.18. The second-order valence-electron chi connectivity index (χ2n) is 3.16. The van der Waals surface area contributed by atoms with Crippen LogP contribution in [0.1, 0.15) is 26.7 Å². The number of hydrogen-bond donors (Lipinski definition) is 1. The van der Waals surface area contributed by atoms with Crippen LogP contribution in [0, 0.1) is 5.92 Å². The monoisotopic (exact) mass is 186 g/mol. The Morgan fingerprint density at radius 2 is 2.15 bits per heavy atom. The van der Waals surface area contributed by atoms with Gasteiger partial charge in [-0.2, -0.15) is 0 Å². The molecule has 0 radical (unpaired) electrons. The molecule has 3 heteroatoms. The molecule has 1 saturated heterocycles. The lowest BCUT2D eigenvalue weighted by atomic mass is 10.00. The predicted octanol–water partition coefficient (Wildman–Crippen LogP) is 2.08. The Balaban J connectivity index is 0.000000424. The summed E-state index contributed by atoms with van der Waals surface area (Å²) >= 11 is 0. The number of hydrogen-bond acceptors (Lipinski definition) is 2. The van der Waals surface area contributed by atoms with Gasteiger partial charge in [0.25, 0.3) is 0 Å². The predicted molar refractivity (Wildman–Crippen MR) is 51.6 cm³/mol. The smallest absolute Gasteiger partial charge is 0.308 e. The van der Waals surface area contributed by atoms with Gasteiger partial charge in [0.1, 0.15) is 0 Å². The van der Waals surface area contributed by atoms with E-state index in [0.29, 0.717) is 6.61 Å². The quantitative estimate of drug-likeness (QED) is 0.638. The fourth-order valence-electron chi connectivity index (χ4n) is 1.08. The Morgan fingerprint density at radius 1 is 1.62 bits per heavy atom. The number of aliphatic carboxylic acids is 1. The third-order valence-corrected chi connectivity index (χ3v) is 1.85. The Morgan fingerprint density at radius 3 is 2.46 bits per heavy atom. The first-order chi connectivity index (χ1) is 6.11. The summed E-state index contributed by atoms with van der Waals surface area (Å²) in [5, 5.41) is 8.54. The van der Waals surface area contributed by atoms with E-state index in [-0.39, 0.29) is 12.0 Å². The van der Waals surface area contributed by atoms with E-state index in [9.17, 15) is 4.79 Å². The summed E-state index contributed by atoms with van der Waals surface area (Å²) in [6, 6.07) is 0. The van der Waals surface area contributed by atoms with Crippen molar-refractivity contribution in [1.82, 2.24) is 0 Å². The molecule has 1 fully saturated rings. The maximum atomic E-state index is 10.4. The zero-order chi connectivity index (χ0) is 10.3.